The fourth-order valence-corrected chi connectivity index (χ4v) is 2.72. The molecular weight excluding hydrogens is 222 g/mol. The average molecular weight is 245 g/mol. The molecular formula is C12H23NO2S. The van der Waals surface area contributed by atoms with Gasteiger partial charge in [-0.2, -0.15) is 11.8 Å². The smallest absolute Gasteiger partial charge is 0.248 e. The van der Waals surface area contributed by atoms with E-state index in [9.17, 15) is 4.79 Å². The van der Waals surface area contributed by atoms with Crippen molar-refractivity contribution in [2.24, 2.45) is 0 Å². The summed E-state index contributed by atoms with van der Waals surface area (Å²) in [5.41, 5.74) is 0. The van der Waals surface area contributed by atoms with Gasteiger partial charge in [-0.1, -0.05) is 6.92 Å². The number of hydrogen-bond donors (Lipinski definition) is 0. The lowest BCUT2D eigenvalue weighted by molar-refractivity contribution is -0.139. The van der Waals surface area contributed by atoms with Gasteiger partial charge in [-0.25, -0.2) is 0 Å². The predicted molar refractivity (Wildman–Crippen MR) is 68.8 cm³/mol. The Balaban J connectivity index is 2.38. The fourth-order valence-electron chi connectivity index (χ4n) is 1.68. The van der Waals surface area contributed by atoms with Crippen LogP contribution in [0.2, 0.25) is 0 Å². The zero-order chi connectivity index (χ0) is 12.0. The molecule has 0 unspecified atom stereocenters. The number of ether oxygens (including phenoxy) is 1. The molecule has 16 heavy (non-hydrogen) atoms. The highest BCUT2D eigenvalue weighted by Crippen LogP contribution is 2.16. The van der Waals surface area contributed by atoms with Crippen molar-refractivity contribution in [3.8, 4) is 0 Å². The van der Waals surface area contributed by atoms with Crippen LogP contribution in [0, 0.1) is 0 Å². The van der Waals surface area contributed by atoms with E-state index in [1.165, 1.54) is 0 Å². The molecule has 0 bridgehead atoms. The first-order valence-electron chi connectivity index (χ1n) is 6.14. The largest absolute Gasteiger partial charge is 0.369 e. The van der Waals surface area contributed by atoms with Crippen LogP contribution >= 0.6 is 11.8 Å². The lowest BCUT2D eigenvalue weighted by Gasteiger charge is -2.27. The zero-order valence-electron chi connectivity index (χ0n) is 10.6. The van der Waals surface area contributed by atoms with Crippen LogP contribution in [0.3, 0.4) is 0 Å². The second-order valence-electron chi connectivity index (χ2n) is 4.37. The minimum Gasteiger partial charge on any atom is -0.369 e. The Morgan fingerprint density at radius 3 is 3.00 bits per heavy atom. The van der Waals surface area contributed by atoms with Crippen molar-refractivity contribution in [1.29, 1.82) is 0 Å². The maximum absolute atomic E-state index is 12.0. The van der Waals surface area contributed by atoms with Crippen molar-refractivity contribution < 1.29 is 9.53 Å². The molecule has 1 aliphatic rings. The highest BCUT2D eigenvalue weighted by molar-refractivity contribution is 7.99. The van der Waals surface area contributed by atoms with E-state index in [1.807, 2.05) is 23.6 Å². The van der Waals surface area contributed by atoms with Crippen molar-refractivity contribution in [1.82, 2.24) is 4.90 Å². The summed E-state index contributed by atoms with van der Waals surface area (Å²) < 4.78 is 5.50. The van der Waals surface area contributed by atoms with E-state index < -0.39 is 0 Å². The standard InChI is InChI=1S/C12H23NO2S/c1-4-11(3)15-9-12(14)13-6-8-16-7-5-10(13)2/h10-11H,4-9H2,1-3H3/t10-,11-/m1/s1. The molecule has 1 saturated heterocycles. The van der Waals surface area contributed by atoms with Crippen LogP contribution in [0.5, 0.6) is 0 Å². The normalized spacial score (nSPS) is 23.9. The Labute approximate surface area is 103 Å². The molecule has 1 fully saturated rings. The minimum absolute atomic E-state index is 0.148. The van der Waals surface area contributed by atoms with E-state index in [0.29, 0.717) is 6.04 Å². The van der Waals surface area contributed by atoms with Gasteiger partial charge in [-0.15, -0.1) is 0 Å². The van der Waals surface area contributed by atoms with Gasteiger partial charge in [0.1, 0.15) is 6.61 Å². The van der Waals surface area contributed by atoms with Crippen LogP contribution in [0.15, 0.2) is 0 Å². The molecule has 0 aromatic heterocycles. The van der Waals surface area contributed by atoms with Gasteiger partial charge < -0.3 is 9.64 Å². The van der Waals surface area contributed by atoms with Crippen molar-refractivity contribution in [3.63, 3.8) is 0 Å². The van der Waals surface area contributed by atoms with Gasteiger partial charge >= 0.3 is 0 Å². The number of rotatable bonds is 4. The van der Waals surface area contributed by atoms with Gasteiger partial charge in [0.25, 0.3) is 0 Å². The first kappa shape index (κ1) is 13.8. The summed E-state index contributed by atoms with van der Waals surface area (Å²) in [6.07, 6.45) is 2.24. The molecule has 0 aromatic rings. The fraction of sp³-hybridized carbons (Fsp3) is 0.917. The van der Waals surface area contributed by atoms with E-state index in [-0.39, 0.29) is 18.6 Å². The van der Waals surface area contributed by atoms with Crippen molar-refractivity contribution in [2.45, 2.75) is 45.8 Å². The minimum atomic E-state index is 0.148. The summed E-state index contributed by atoms with van der Waals surface area (Å²) in [6, 6.07) is 0.364. The Kier molecular flexibility index (Phi) is 6.21. The van der Waals surface area contributed by atoms with E-state index in [0.717, 1.165) is 30.9 Å². The Morgan fingerprint density at radius 2 is 2.31 bits per heavy atom. The van der Waals surface area contributed by atoms with Gasteiger partial charge in [0, 0.05) is 18.3 Å². The molecule has 0 saturated carbocycles. The second-order valence-corrected chi connectivity index (χ2v) is 5.59. The summed E-state index contributed by atoms with van der Waals surface area (Å²) in [6.45, 7) is 7.32. The number of nitrogens with zero attached hydrogens (tertiary/aromatic N) is 1. The highest BCUT2D eigenvalue weighted by Gasteiger charge is 2.22. The number of carbonyl (C=O) groups excluding carboxylic acids is 1. The Morgan fingerprint density at radius 1 is 1.56 bits per heavy atom. The maximum Gasteiger partial charge on any atom is 0.248 e. The maximum atomic E-state index is 12.0. The van der Waals surface area contributed by atoms with Crippen LogP contribution in [0.1, 0.15) is 33.6 Å². The average Bonchev–Trinajstić information content (AvgIpc) is 2.50. The summed E-state index contributed by atoms with van der Waals surface area (Å²) in [4.78, 5) is 13.9. The van der Waals surface area contributed by atoms with E-state index >= 15 is 0 Å². The van der Waals surface area contributed by atoms with Crippen molar-refractivity contribution >= 4 is 17.7 Å². The number of hydrogen-bond acceptors (Lipinski definition) is 3. The van der Waals surface area contributed by atoms with E-state index in [1.54, 1.807) is 0 Å². The lowest BCUT2D eigenvalue weighted by Crippen LogP contribution is -2.41. The number of amides is 1. The Bertz CT molecular complexity index is 223. The molecule has 4 heteroatoms. The molecule has 1 heterocycles. The van der Waals surface area contributed by atoms with E-state index in [4.69, 9.17) is 4.74 Å². The first-order chi connectivity index (χ1) is 7.65. The van der Waals surface area contributed by atoms with Gasteiger partial charge in [0.2, 0.25) is 5.91 Å². The topological polar surface area (TPSA) is 29.5 Å². The van der Waals surface area contributed by atoms with Crippen LogP contribution in [0.25, 0.3) is 0 Å². The van der Waals surface area contributed by atoms with Gasteiger partial charge in [0.15, 0.2) is 0 Å². The molecule has 1 aliphatic heterocycles. The lowest BCUT2D eigenvalue weighted by atomic mass is 10.2. The van der Waals surface area contributed by atoms with Crippen LogP contribution in [0.4, 0.5) is 0 Å². The quantitative estimate of drug-likeness (QED) is 0.760. The third-order valence-electron chi connectivity index (χ3n) is 3.08. The molecule has 0 spiro atoms. The molecule has 0 N–H and O–H groups in total. The molecule has 3 nitrogen and oxygen atoms in total. The molecule has 1 rings (SSSR count). The number of carbonyl (C=O) groups is 1. The molecule has 0 aliphatic carbocycles. The van der Waals surface area contributed by atoms with Gasteiger partial charge in [0.05, 0.1) is 6.10 Å². The van der Waals surface area contributed by atoms with Crippen molar-refractivity contribution in [2.75, 3.05) is 24.7 Å². The third kappa shape index (κ3) is 4.34. The van der Waals surface area contributed by atoms with Crippen molar-refractivity contribution in [3.05, 3.63) is 0 Å². The van der Waals surface area contributed by atoms with Gasteiger partial charge in [-0.3, -0.25) is 4.79 Å². The molecule has 0 aromatic carbocycles. The summed E-state index contributed by atoms with van der Waals surface area (Å²) in [7, 11) is 0. The van der Waals surface area contributed by atoms with Crippen LogP contribution in [-0.4, -0.2) is 47.6 Å². The predicted octanol–water partition coefficient (Wildman–Crippen LogP) is 2.16. The highest BCUT2D eigenvalue weighted by atomic mass is 32.2. The molecule has 0 radical (unpaired) electrons. The van der Waals surface area contributed by atoms with Gasteiger partial charge in [-0.05, 0) is 32.4 Å². The first-order valence-corrected chi connectivity index (χ1v) is 7.29. The third-order valence-corrected chi connectivity index (χ3v) is 4.07. The molecule has 2 atom stereocenters. The monoisotopic (exact) mass is 245 g/mol. The second kappa shape index (κ2) is 7.17. The SMILES string of the molecule is CC[C@@H](C)OCC(=O)N1CCSCC[C@H]1C. The summed E-state index contributed by atoms with van der Waals surface area (Å²) in [5.74, 6) is 2.37. The number of thioether (sulfide) groups is 1. The summed E-state index contributed by atoms with van der Waals surface area (Å²) >= 11 is 1.93. The van der Waals surface area contributed by atoms with Crippen LogP contribution < -0.4 is 0 Å². The van der Waals surface area contributed by atoms with E-state index in [2.05, 4.69) is 13.8 Å². The Hall–Kier alpha value is -0.220. The summed E-state index contributed by atoms with van der Waals surface area (Å²) in [5, 5.41) is 0. The molecule has 1 amide bonds. The van der Waals surface area contributed by atoms with Crippen LogP contribution in [-0.2, 0) is 9.53 Å². The zero-order valence-corrected chi connectivity index (χ0v) is 11.4. The molecule has 94 valence electrons.